The van der Waals surface area contributed by atoms with E-state index in [1.54, 1.807) is 0 Å². The molecule has 1 aromatic carbocycles. The minimum atomic E-state index is 0.280. The molecule has 0 aliphatic heterocycles. The summed E-state index contributed by atoms with van der Waals surface area (Å²) < 4.78 is 2.09. The van der Waals surface area contributed by atoms with Gasteiger partial charge in [-0.3, -0.25) is 9.81 Å². The van der Waals surface area contributed by atoms with E-state index in [0.717, 1.165) is 57.4 Å². The molecule has 0 atom stereocenters. The Labute approximate surface area is 178 Å². The molecule has 3 heterocycles. The number of hydrogen-bond donors (Lipinski definition) is 3. The van der Waals surface area contributed by atoms with Crippen molar-refractivity contribution in [2.45, 2.75) is 19.8 Å². The first-order chi connectivity index (χ1) is 14.6. The zero-order valence-electron chi connectivity index (χ0n) is 16.7. The van der Waals surface area contributed by atoms with Gasteiger partial charge >= 0.3 is 0 Å². The number of aryl methyl sites for hydroxylation is 2. The number of imidazole rings is 1. The third-order valence-electron chi connectivity index (χ3n) is 4.84. The van der Waals surface area contributed by atoms with Crippen molar-refractivity contribution >= 4 is 29.2 Å². The Hall–Kier alpha value is -3.36. The first-order valence-electron chi connectivity index (χ1n) is 9.69. The van der Waals surface area contributed by atoms with E-state index >= 15 is 0 Å². The number of fused-ring (bicyclic) bond motifs is 1. The highest BCUT2D eigenvalue weighted by atomic mass is 32.1. The average Bonchev–Trinajstić information content (AvgIpc) is 3.33. The molecular formula is C22H23N7S. The van der Waals surface area contributed by atoms with Crippen molar-refractivity contribution in [1.82, 2.24) is 14.4 Å². The van der Waals surface area contributed by atoms with Gasteiger partial charge in [0.25, 0.3) is 0 Å². The van der Waals surface area contributed by atoms with Gasteiger partial charge in [-0.2, -0.15) is 0 Å². The number of rotatable bonds is 7. The molecule has 0 spiro atoms. The third kappa shape index (κ3) is 3.74. The predicted octanol–water partition coefficient (Wildman–Crippen LogP) is 3.64. The largest absolute Gasteiger partial charge is 0.382 e. The third-order valence-corrected chi connectivity index (χ3v) is 5.92. The van der Waals surface area contributed by atoms with Crippen LogP contribution in [0.4, 0.5) is 0 Å². The van der Waals surface area contributed by atoms with Crippen LogP contribution < -0.4 is 11.5 Å². The van der Waals surface area contributed by atoms with E-state index in [0.29, 0.717) is 6.54 Å². The second-order valence-electron chi connectivity index (χ2n) is 6.91. The van der Waals surface area contributed by atoms with Crippen molar-refractivity contribution in [1.29, 1.82) is 5.41 Å². The molecule has 5 N–H and O–H groups in total. The number of amidine groups is 1. The second kappa shape index (κ2) is 8.56. The highest BCUT2D eigenvalue weighted by Crippen LogP contribution is 2.35. The smallest absolute Gasteiger partial charge is 0.144 e. The average molecular weight is 418 g/mol. The van der Waals surface area contributed by atoms with Gasteiger partial charge in [-0.15, -0.1) is 11.3 Å². The molecule has 0 saturated heterocycles. The van der Waals surface area contributed by atoms with E-state index in [-0.39, 0.29) is 5.84 Å². The normalized spacial score (nSPS) is 11.9. The number of nitrogens with zero attached hydrogens (tertiary/aromatic N) is 4. The van der Waals surface area contributed by atoms with E-state index in [1.165, 1.54) is 16.9 Å². The van der Waals surface area contributed by atoms with Crippen molar-refractivity contribution in [3.05, 3.63) is 64.8 Å². The predicted molar refractivity (Wildman–Crippen MR) is 123 cm³/mol. The van der Waals surface area contributed by atoms with Crippen LogP contribution in [0, 0.1) is 12.3 Å². The second-order valence-corrected chi connectivity index (χ2v) is 7.91. The number of pyridine rings is 1. The van der Waals surface area contributed by atoms with E-state index in [1.807, 2.05) is 43.3 Å². The molecule has 4 rings (SSSR count). The maximum atomic E-state index is 7.29. The van der Waals surface area contributed by atoms with Gasteiger partial charge in [0.05, 0.1) is 16.3 Å². The molecule has 0 radical (unpaired) electrons. The van der Waals surface area contributed by atoms with Crippen LogP contribution in [0.25, 0.3) is 27.6 Å². The summed E-state index contributed by atoms with van der Waals surface area (Å²) in [5, 5.41) is 8.11. The summed E-state index contributed by atoms with van der Waals surface area (Å²) in [6.45, 7) is 2.65. The topological polar surface area (TPSA) is 118 Å². The molecular weight excluding hydrogens is 394 g/mol. The van der Waals surface area contributed by atoms with E-state index in [2.05, 4.69) is 21.7 Å². The van der Waals surface area contributed by atoms with Crippen molar-refractivity contribution in [2.75, 3.05) is 6.54 Å². The van der Waals surface area contributed by atoms with E-state index in [9.17, 15) is 0 Å². The molecule has 4 aromatic rings. The van der Waals surface area contributed by atoms with Crippen molar-refractivity contribution in [3.63, 3.8) is 0 Å². The Bertz CT molecular complexity index is 1220. The molecule has 152 valence electrons. The van der Waals surface area contributed by atoms with Crippen molar-refractivity contribution in [2.24, 2.45) is 16.5 Å². The SMILES string of the molecule is Cc1nc2ccc(CCCN)cn2c1-c1nc(-c2ccccc2)c(C(N)=NC=N)s1. The maximum Gasteiger partial charge on any atom is 0.144 e. The molecule has 0 unspecified atom stereocenters. The Morgan fingerprint density at radius 1 is 1.20 bits per heavy atom. The van der Waals surface area contributed by atoms with E-state index < -0.39 is 0 Å². The quantitative estimate of drug-likeness (QED) is 0.314. The molecule has 0 amide bonds. The van der Waals surface area contributed by atoms with Gasteiger partial charge < -0.3 is 11.5 Å². The number of nitrogens with one attached hydrogen (secondary N) is 1. The Kier molecular flexibility index (Phi) is 5.69. The number of aliphatic imine (C=N–C) groups is 1. The Morgan fingerprint density at radius 3 is 2.73 bits per heavy atom. The molecule has 0 fully saturated rings. The highest BCUT2D eigenvalue weighted by Gasteiger charge is 2.21. The van der Waals surface area contributed by atoms with Gasteiger partial charge in [0.2, 0.25) is 0 Å². The Balaban J connectivity index is 1.90. The van der Waals surface area contributed by atoms with Gasteiger partial charge in [0.1, 0.15) is 28.5 Å². The van der Waals surface area contributed by atoms with Crippen LogP contribution in [-0.4, -0.2) is 33.1 Å². The molecule has 0 aliphatic rings. The summed E-state index contributed by atoms with van der Waals surface area (Å²) >= 11 is 1.46. The Morgan fingerprint density at radius 2 is 2.00 bits per heavy atom. The van der Waals surface area contributed by atoms with Crippen molar-refractivity contribution in [3.8, 4) is 22.0 Å². The van der Waals surface area contributed by atoms with Crippen LogP contribution in [0.15, 0.2) is 53.7 Å². The molecule has 0 bridgehead atoms. The lowest BCUT2D eigenvalue weighted by Gasteiger charge is -2.04. The lowest BCUT2D eigenvalue weighted by molar-refractivity contribution is 0.827. The molecule has 30 heavy (non-hydrogen) atoms. The fourth-order valence-corrected chi connectivity index (χ4v) is 4.52. The maximum absolute atomic E-state index is 7.29. The fourth-order valence-electron chi connectivity index (χ4n) is 3.43. The summed E-state index contributed by atoms with van der Waals surface area (Å²) in [6.07, 6.45) is 4.91. The lowest BCUT2D eigenvalue weighted by Crippen LogP contribution is -2.12. The van der Waals surface area contributed by atoms with E-state index in [4.69, 9.17) is 26.8 Å². The van der Waals surface area contributed by atoms with Crippen LogP contribution >= 0.6 is 11.3 Å². The van der Waals surface area contributed by atoms with Gasteiger partial charge in [-0.05, 0) is 37.9 Å². The van der Waals surface area contributed by atoms with Crippen LogP contribution in [-0.2, 0) is 6.42 Å². The minimum Gasteiger partial charge on any atom is -0.382 e. The molecule has 0 aliphatic carbocycles. The standard InChI is InChI=1S/C22H23N7S/c1-14-19(29-12-15(6-5-11-23)9-10-17(29)27-14)22-28-18(16-7-3-2-4-8-16)20(30-22)21(25)26-13-24/h2-4,7-10,12-13H,5-6,11,23H2,1H3,(H3,24,25,26). The molecule has 3 aromatic heterocycles. The fraction of sp³-hybridized carbons (Fsp3) is 0.182. The van der Waals surface area contributed by atoms with Crippen LogP contribution in [0.3, 0.4) is 0 Å². The summed E-state index contributed by atoms with van der Waals surface area (Å²) in [5.74, 6) is 0.280. The first kappa shape index (κ1) is 19.9. The number of aromatic nitrogens is 3. The van der Waals surface area contributed by atoms with Gasteiger partial charge in [-0.1, -0.05) is 36.4 Å². The van der Waals surface area contributed by atoms with Crippen LogP contribution in [0.1, 0.15) is 22.6 Å². The van der Waals surface area contributed by atoms with Crippen molar-refractivity contribution < 1.29 is 0 Å². The number of thiazole rings is 1. The first-order valence-corrected chi connectivity index (χ1v) is 10.5. The zero-order valence-corrected chi connectivity index (χ0v) is 17.5. The monoisotopic (exact) mass is 417 g/mol. The van der Waals surface area contributed by atoms with Crippen LogP contribution in [0.2, 0.25) is 0 Å². The number of benzene rings is 1. The minimum absolute atomic E-state index is 0.280. The van der Waals surface area contributed by atoms with Gasteiger partial charge in [0, 0.05) is 11.8 Å². The van der Waals surface area contributed by atoms with Crippen LogP contribution in [0.5, 0.6) is 0 Å². The highest BCUT2D eigenvalue weighted by molar-refractivity contribution is 7.17. The lowest BCUT2D eigenvalue weighted by atomic mass is 10.1. The summed E-state index contributed by atoms with van der Waals surface area (Å²) in [6, 6.07) is 14.0. The number of nitrogens with two attached hydrogens (primary N) is 2. The summed E-state index contributed by atoms with van der Waals surface area (Å²) in [7, 11) is 0. The van der Waals surface area contributed by atoms with Gasteiger partial charge in [0.15, 0.2) is 0 Å². The van der Waals surface area contributed by atoms with Gasteiger partial charge in [-0.25, -0.2) is 15.0 Å². The summed E-state index contributed by atoms with van der Waals surface area (Å²) in [4.78, 5) is 14.4. The molecule has 0 saturated carbocycles. The molecule has 7 nitrogen and oxygen atoms in total. The number of hydrogen-bond acceptors (Lipinski definition) is 5. The zero-order chi connectivity index (χ0) is 21.1. The summed E-state index contributed by atoms with van der Waals surface area (Å²) in [5.41, 5.74) is 17.5. The molecule has 8 heteroatoms.